The molecule has 2 N–H and O–H groups in total. The zero-order chi connectivity index (χ0) is 13.0. The lowest BCUT2D eigenvalue weighted by molar-refractivity contribution is 0.375. The summed E-state index contributed by atoms with van der Waals surface area (Å²) in [6.45, 7) is 1.99. The molecule has 18 heavy (non-hydrogen) atoms. The first-order chi connectivity index (χ1) is 8.72. The first-order valence-corrected chi connectivity index (χ1v) is 5.94. The van der Waals surface area contributed by atoms with Gasteiger partial charge in [0.05, 0.1) is 19.6 Å². The van der Waals surface area contributed by atoms with Gasteiger partial charge < -0.3 is 15.0 Å². The van der Waals surface area contributed by atoms with E-state index in [1.807, 2.05) is 31.2 Å². The lowest BCUT2D eigenvalue weighted by atomic mass is 10.1. The summed E-state index contributed by atoms with van der Waals surface area (Å²) in [5, 5.41) is 3.88. The molecule has 0 bridgehead atoms. The summed E-state index contributed by atoms with van der Waals surface area (Å²) in [6.07, 6.45) is 1.40. The minimum atomic E-state index is -0.154. The maximum Gasteiger partial charge on any atom is 0.231 e. The third-order valence-corrected chi connectivity index (χ3v) is 2.77. The van der Waals surface area contributed by atoms with E-state index >= 15 is 0 Å². The van der Waals surface area contributed by atoms with Gasteiger partial charge in [0.25, 0.3) is 0 Å². The number of nitrogens with two attached hydrogens (primary N) is 1. The Labute approximate surface area is 106 Å². The lowest BCUT2D eigenvalue weighted by Gasteiger charge is -2.01. The highest BCUT2D eigenvalue weighted by atomic mass is 16.5. The molecule has 1 unspecified atom stereocenters. The van der Waals surface area contributed by atoms with Crippen molar-refractivity contribution in [3.05, 3.63) is 41.5 Å². The second kappa shape index (κ2) is 5.64. The smallest absolute Gasteiger partial charge is 0.231 e. The fourth-order valence-electron chi connectivity index (χ4n) is 1.59. The maximum absolute atomic E-state index is 5.84. The summed E-state index contributed by atoms with van der Waals surface area (Å²) < 4.78 is 10.3. The van der Waals surface area contributed by atoms with Gasteiger partial charge in [-0.15, -0.1) is 0 Å². The van der Waals surface area contributed by atoms with Crippen LogP contribution >= 0.6 is 0 Å². The molecule has 0 saturated carbocycles. The average molecular weight is 247 g/mol. The summed E-state index contributed by atoms with van der Waals surface area (Å²) in [4.78, 5) is 4.28. The van der Waals surface area contributed by atoms with E-state index in [1.54, 1.807) is 7.11 Å². The van der Waals surface area contributed by atoms with Crippen molar-refractivity contribution in [2.45, 2.75) is 25.8 Å². The number of hydrogen-bond donors (Lipinski definition) is 1. The van der Waals surface area contributed by atoms with Crippen molar-refractivity contribution in [1.29, 1.82) is 0 Å². The largest absolute Gasteiger partial charge is 0.497 e. The number of nitrogens with zero attached hydrogens (tertiary/aromatic N) is 2. The van der Waals surface area contributed by atoms with E-state index in [2.05, 4.69) is 10.1 Å². The van der Waals surface area contributed by atoms with Crippen molar-refractivity contribution in [1.82, 2.24) is 10.1 Å². The molecule has 0 spiro atoms. The highest BCUT2D eigenvalue weighted by molar-refractivity contribution is 5.28. The van der Waals surface area contributed by atoms with E-state index in [0.717, 1.165) is 17.7 Å². The third-order valence-electron chi connectivity index (χ3n) is 2.77. The number of rotatable bonds is 5. The van der Waals surface area contributed by atoms with E-state index in [0.29, 0.717) is 18.1 Å². The van der Waals surface area contributed by atoms with Gasteiger partial charge in [-0.25, -0.2) is 0 Å². The van der Waals surface area contributed by atoms with Crippen molar-refractivity contribution >= 4 is 0 Å². The van der Waals surface area contributed by atoms with Gasteiger partial charge in [-0.3, -0.25) is 0 Å². The van der Waals surface area contributed by atoms with Gasteiger partial charge >= 0.3 is 0 Å². The molecule has 0 aliphatic heterocycles. The second-order valence-electron chi connectivity index (χ2n) is 4.09. The Morgan fingerprint density at radius 1 is 1.33 bits per heavy atom. The fourth-order valence-corrected chi connectivity index (χ4v) is 1.59. The molecule has 0 aliphatic rings. The molecule has 96 valence electrons. The van der Waals surface area contributed by atoms with E-state index in [1.165, 1.54) is 0 Å². The minimum Gasteiger partial charge on any atom is -0.497 e. The summed E-state index contributed by atoms with van der Waals surface area (Å²) in [5.41, 5.74) is 6.93. The average Bonchev–Trinajstić information content (AvgIpc) is 2.87. The Bertz CT molecular complexity index is 493. The molecule has 0 amide bonds. The molecule has 1 heterocycles. The van der Waals surface area contributed by atoms with Crippen LogP contribution in [0.3, 0.4) is 0 Å². The molecule has 1 aromatic heterocycles. The molecule has 1 aromatic carbocycles. The second-order valence-corrected chi connectivity index (χ2v) is 4.09. The first-order valence-electron chi connectivity index (χ1n) is 5.94. The molecule has 2 aromatic rings. The van der Waals surface area contributed by atoms with Gasteiger partial charge in [0.1, 0.15) is 5.75 Å². The Hall–Kier alpha value is -1.88. The van der Waals surface area contributed by atoms with Crippen molar-refractivity contribution in [3.8, 4) is 5.75 Å². The van der Waals surface area contributed by atoms with Crippen molar-refractivity contribution in [3.63, 3.8) is 0 Å². The lowest BCUT2D eigenvalue weighted by Crippen LogP contribution is -2.10. The van der Waals surface area contributed by atoms with Gasteiger partial charge in [-0.1, -0.05) is 24.2 Å². The molecule has 0 fully saturated rings. The van der Waals surface area contributed by atoms with Gasteiger partial charge in [0, 0.05) is 0 Å². The van der Waals surface area contributed by atoms with Crippen molar-refractivity contribution < 1.29 is 9.26 Å². The van der Waals surface area contributed by atoms with Crippen molar-refractivity contribution in [2.75, 3.05) is 7.11 Å². The Morgan fingerprint density at radius 3 is 2.67 bits per heavy atom. The zero-order valence-corrected chi connectivity index (χ0v) is 10.6. The summed E-state index contributed by atoms with van der Waals surface area (Å²) in [7, 11) is 1.64. The number of methoxy groups -OCH3 is 1. The van der Waals surface area contributed by atoms with Crippen LogP contribution in [0.4, 0.5) is 0 Å². The Balaban J connectivity index is 2.06. The van der Waals surface area contributed by atoms with Gasteiger partial charge in [-0.05, 0) is 24.1 Å². The van der Waals surface area contributed by atoms with Crippen LogP contribution < -0.4 is 10.5 Å². The molecule has 0 radical (unpaired) electrons. The molecule has 0 saturated heterocycles. The number of ether oxygens (including phenoxy) is 1. The number of aromatic nitrogens is 2. The predicted molar refractivity (Wildman–Crippen MR) is 67.3 cm³/mol. The normalized spacial score (nSPS) is 12.4. The highest BCUT2D eigenvalue weighted by Gasteiger charge is 2.12. The van der Waals surface area contributed by atoms with Crippen LogP contribution in [0.1, 0.15) is 36.7 Å². The van der Waals surface area contributed by atoms with Crippen LogP contribution in [-0.4, -0.2) is 17.3 Å². The van der Waals surface area contributed by atoms with Crippen molar-refractivity contribution in [2.24, 2.45) is 5.73 Å². The molecule has 2 rings (SSSR count). The quantitative estimate of drug-likeness (QED) is 0.875. The minimum absolute atomic E-state index is 0.154. The molecule has 5 nitrogen and oxygen atoms in total. The van der Waals surface area contributed by atoms with Gasteiger partial charge in [0.2, 0.25) is 5.89 Å². The third kappa shape index (κ3) is 2.87. The Morgan fingerprint density at radius 2 is 2.06 bits per heavy atom. The molecule has 0 aliphatic carbocycles. The van der Waals surface area contributed by atoms with E-state index in [-0.39, 0.29) is 6.04 Å². The van der Waals surface area contributed by atoms with Crippen LogP contribution in [0, 0.1) is 0 Å². The topological polar surface area (TPSA) is 74.2 Å². The predicted octanol–water partition coefficient (Wildman–Crippen LogP) is 2.08. The monoisotopic (exact) mass is 247 g/mol. The van der Waals surface area contributed by atoms with Crippen LogP contribution in [0.25, 0.3) is 0 Å². The number of benzene rings is 1. The summed E-state index contributed by atoms with van der Waals surface area (Å²) in [5.74, 6) is 1.98. The summed E-state index contributed by atoms with van der Waals surface area (Å²) >= 11 is 0. The first kappa shape index (κ1) is 12.6. The zero-order valence-electron chi connectivity index (χ0n) is 10.6. The molecular weight excluding hydrogens is 230 g/mol. The van der Waals surface area contributed by atoms with E-state index in [9.17, 15) is 0 Å². The number of hydrogen-bond acceptors (Lipinski definition) is 5. The van der Waals surface area contributed by atoms with E-state index in [4.69, 9.17) is 15.0 Å². The molecule has 5 heteroatoms. The van der Waals surface area contributed by atoms with Crippen LogP contribution in [0.15, 0.2) is 28.8 Å². The fraction of sp³-hybridized carbons (Fsp3) is 0.385. The van der Waals surface area contributed by atoms with Crippen LogP contribution in [0.5, 0.6) is 5.75 Å². The van der Waals surface area contributed by atoms with Gasteiger partial charge in [-0.2, -0.15) is 4.98 Å². The van der Waals surface area contributed by atoms with Gasteiger partial charge in [0.15, 0.2) is 5.82 Å². The molecule has 1 atom stereocenters. The molecular formula is C13H17N3O2. The maximum atomic E-state index is 5.84. The van der Waals surface area contributed by atoms with Crippen LogP contribution in [-0.2, 0) is 6.42 Å². The standard InChI is InChI=1S/C13H17N3O2/c1-3-11(14)13-15-12(18-16-13)8-9-4-6-10(17-2)7-5-9/h4-7,11H,3,8,14H2,1-2H3. The SMILES string of the molecule is CCC(N)c1noc(Cc2ccc(OC)cc2)n1. The summed E-state index contributed by atoms with van der Waals surface area (Å²) in [6, 6.07) is 7.61. The van der Waals surface area contributed by atoms with E-state index < -0.39 is 0 Å². The highest BCUT2D eigenvalue weighted by Crippen LogP contribution is 2.15. The Kier molecular flexibility index (Phi) is 3.94. The van der Waals surface area contributed by atoms with Crippen LogP contribution in [0.2, 0.25) is 0 Å².